The van der Waals surface area contributed by atoms with Crippen LogP contribution in [0.2, 0.25) is 0 Å². The molecule has 1 saturated carbocycles. The minimum absolute atomic E-state index is 0.113. The standard InChI is InChI=1S/C15H21NO2/c1-9-4-5-12(11(3)10(9)2)7-16-8-13-6-14(13)15(17)18/h4-5,13-14,16H,6-8H2,1-3H3,(H,17,18). The minimum Gasteiger partial charge on any atom is -0.481 e. The number of hydrogen-bond donors (Lipinski definition) is 2. The molecular formula is C15H21NO2. The van der Waals surface area contributed by atoms with Gasteiger partial charge in [0.25, 0.3) is 0 Å². The van der Waals surface area contributed by atoms with E-state index < -0.39 is 5.97 Å². The fourth-order valence-corrected chi connectivity index (χ4v) is 2.37. The van der Waals surface area contributed by atoms with E-state index in [2.05, 4.69) is 38.2 Å². The molecule has 18 heavy (non-hydrogen) atoms. The van der Waals surface area contributed by atoms with E-state index in [-0.39, 0.29) is 5.92 Å². The maximum Gasteiger partial charge on any atom is 0.306 e. The zero-order chi connectivity index (χ0) is 13.3. The van der Waals surface area contributed by atoms with Gasteiger partial charge >= 0.3 is 5.97 Å². The Kier molecular flexibility index (Phi) is 3.71. The molecule has 2 atom stereocenters. The van der Waals surface area contributed by atoms with E-state index in [0.29, 0.717) is 5.92 Å². The van der Waals surface area contributed by atoms with Crippen LogP contribution >= 0.6 is 0 Å². The lowest BCUT2D eigenvalue weighted by Crippen LogP contribution is -2.19. The predicted octanol–water partition coefficient (Wildman–Crippen LogP) is 2.42. The first-order chi connectivity index (χ1) is 8.50. The van der Waals surface area contributed by atoms with Crippen LogP contribution in [-0.4, -0.2) is 17.6 Å². The number of carbonyl (C=O) groups is 1. The van der Waals surface area contributed by atoms with E-state index >= 15 is 0 Å². The van der Waals surface area contributed by atoms with Crippen LogP contribution in [0.3, 0.4) is 0 Å². The van der Waals surface area contributed by atoms with Gasteiger partial charge in [-0.2, -0.15) is 0 Å². The average molecular weight is 247 g/mol. The molecule has 1 aromatic rings. The molecule has 0 saturated heterocycles. The molecule has 98 valence electrons. The number of aryl methyl sites for hydroxylation is 1. The highest BCUT2D eigenvalue weighted by Gasteiger charge is 2.42. The summed E-state index contributed by atoms with van der Waals surface area (Å²) in [5, 5.41) is 12.2. The van der Waals surface area contributed by atoms with Crippen LogP contribution in [0.1, 0.15) is 28.7 Å². The van der Waals surface area contributed by atoms with Gasteiger partial charge in [-0.15, -0.1) is 0 Å². The van der Waals surface area contributed by atoms with E-state index in [0.717, 1.165) is 19.5 Å². The Morgan fingerprint density at radius 1 is 1.33 bits per heavy atom. The summed E-state index contributed by atoms with van der Waals surface area (Å²) in [6.45, 7) is 8.06. The maximum atomic E-state index is 10.7. The molecule has 0 radical (unpaired) electrons. The monoisotopic (exact) mass is 247 g/mol. The van der Waals surface area contributed by atoms with Crippen LogP contribution in [-0.2, 0) is 11.3 Å². The van der Waals surface area contributed by atoms with Crippen molar-refractivity contribution in [2.75, 3.05) is 6.54 Å². The van der Waals surface area contributed by atoms with E-state index in [9.17, 15) is 4.79 Å². The number of aliphatic carboxylic acids is 1. The van der Waals surface area contributed by atoms with E-state index in [4.69, 9.17) is 5.11 Å². The average Bonchev–Trinajstić information content (AvgIpc) is 3.09. The molecule has 2 rings (SSSR count). The fourth-order valence-electron chi connectivity index (χ4n) is 2.37. The molecule has 3 heteroatoms. The molecule has 0 aliphatic heterocycles. The summed E-state index contributed by atoms with van der Waals surface area (Å²) in [6, 6.07) is 4.31. The van der Waals surface area contributed by atoms with E-state index in [1.54, 1.807) is 0 Å². The van der Waals surface area contributed by atoms with Crippen molar-refractivity contribution in [3.63, 3.8) is 0 Å². The number of nitrogens with one attached hydrogen (secondary N) is 1. The summed E-state index contributed by atoms with van der Waals surface area (Å²) in [6.07, 6.45) is 0.828. The van der Waals surface area contributed by atoms with E-state index in [1.165, 1.54) is 22.3 Å². The number of hydrogen-bond acceptors (Lipinski definition) is 2. The van der Waals surface area contributed by atoms with E-state index in [1.807, 2.05) is 0 Å². The van der Waals surface area contributed by atoms with Gasteiger partial charge in [-0.1, -0.05) is 12.1 Å². The highest BCUT2D eigenvalue weighted by atomic mass is 16.4. The molecule has 2 unspecified atom stereocenters. The molecule has 1 aliphatic rings. The Bertz CT molecular complexity index is 468. The van der Waals surface area contributed by atoms with Crippen molar-refractivity contribution in [1.29, 1.82) is 0 Å². The molecule has 1 aliphatic carbocycles. The van der Waals surface area contributed by atoms with Crippen molar-refractivity contribution in [3.05, 3.63) is 34.4 Å². The Hall–Kier alpha value is -1.35. The van der Waals surface area contributed by atoms with Crippen LogP contribution in [0.15, 0.2) is 12.1 Å². The van der Waals surface area contributed by atoms with Crippen molar-refractivity contribution < 1.29 is 9.90 Å². The summed E-state index contributed by atoms with van der Waals surface area (Å²) < 4.78 is 0. The SMILES string of the molecule is Cc1ccc(CNCC2CC2C(=O)O)c(C)c1C. The molecule has 0 bridgehead atoms. The van der Waals surface area contributed by atoms with Crippen molar-refractivity contribution in [1.82, 2.24) is 5.32 Å². The van der Waals surface area contributed by atoms with Gasteiger partial charge in [-0.3, -0.25) is 4.79 Å². The van der Waals surface area contributed by atoms with Gasteiger partial charge in [0, 0.05) is 6.54 Å². The third-order valence-corrected chi connectivity index (χ3v) is 4.13. The van der Waals surface area contributed by atoms with Gasteiger partial charge in [0.2, 0.25) is 0 Å². The third kappa shape index (κ3) is 2.72. The first-order valence-electron chi connectivity index (χ1n) is 6.50. The summed E-state index contributed by atoms with van der Waals surface area (Å²) in [7, 11) is 0. The van der Waals surface area contributed by atoms with Gasteiger partial charge in [0.1, 0.15) is 0 Å². The summed E-state index contributed by atoms with van der Waals surface area (Å²) in [5.41, 5.74) is 5.33. The van der Waals surface area contributed by atoms with Crippen LogP contribution in [0.25, 0.3) is 0 Å². The number of rotatable bonds is 5. The summed E-state index contributed by atoms with van der Waals surface area (Å²) in [4.78, 5) is 10.7. The van der Waals surface area contributed by atoms with Crippen molar-refractivity contribution in [2.45, 2.75) is 33.7 Å². The van der Waals surface area contributed by atoms with Gasteiger partial charge in [0.15, 0.2) is 0 Å². The smallest absolute Gasteiger partial charge is 0.306 e. The van der Waals surface area contributed by atoms with Gasteiger partial charge in [-0.05, 0) is 61.9 Å². The molecule has 2 N–H and O–H groups in total. The number of carboxylic acid groups (broad SMARTS) is 1. The summed E-state index contributed by atoms with van der Waals surface area (Å²) in [5.74, 6) is -0.433. The quantitative estimate of drug-likeness (QED) is 0.840. The van der Waals surface area contributed by atoms with Gasteiger partial charge < -0.3 is 10.4 Å². The Labute approximate surface area is 108 Å². The normalized spacial score (nSPS) is 21.9. The molecule has 0 aromatic heterocycles. The van der Waals surface area contributed by atoms with Crippen LogP contribution in [0, 0.1) is 32.6 Å². The van der Waals surface area contributed by atoms with Gasteiger partial charge in [-0.25, -0.2) is 0 Å². The lowest BCUT2D eigenvalue weighted by Gasteiger charge is -2.12. The zero-order valence-electron chi connectivity index (χ0n) is 11.3. The largest absolute Gasteiger partial charge is 0.481 e. The van der Waals surface area contributed by atoms with Gasteiger partial charge in [0.05, 0.1) is 5.92 Å². The maximum absolute atomic E-state index is 10.7. The molecule has 0 spiro atoms. The van der Waals surface area contributed by atoms with Crippen LogP contribution < -0.4 is 5.32 Å². The van der Waals surface area contributed by atoms with Crippen LogP contribution in [0.4, 0.5) is 0 Å². The van der Waals surface area contributed by atoms with Crippen LogP contribution in [0.5, 0.6) is 0 Å². The molecule has 1 aromatic carbocycles. The number of benzene rings is 1. The fraction of sp³-hybridized carbons (Fsp3) is 0.533. The second-order valence-corrected chi connectivity index (χ2v) is 5.36. The zero-order valence-corrected chi connectivity index (χ0v) is 11.3. The van der Waals surface area contributed by atoms with Crippen molar-refractivity contribution >= 4 is 5.97 Å². The molecule has 3 nitrogen and oxygen atoms in total. The Morgan fingerprint density at radius 3 is 2.67 bits per heavy atom. The minimum atomic E-state index is -0.649. The lowest BCUT2D eigenvalue weighted by atomic mass is 9.99. The second-order valence-electron chi connectivity index (χ2n) is 5.36. The van der Waals surface area contributed by atoms with Crippen molar-refractivity contribution in [2.24, 2.45) is 11.8 Å². The van der Waals surface area contributed by atoms with Crippen molar-refractivity contribution in [3.8, 4) is 0 Å². The Morgan fingerprint density at radius 2 is 2.06 bits per heavy atom. The second kappa shape index (κ2) is 5.11. The number of carboxylic acids is 1. The summed E-state index contributed by atoms with van der Waals surface area (Å²) >= 11 is 0. The molecular weight excluding hydrogens is 226 g/mol. The predicted molar refractivity (Wildman–Crippen MR) is 71.6 cm³/mol. The lowest BCUT2D eigenvalue weighted by molar-refractivity contribution is -0.138. The highest BCUT2D eigenvalue weighted by molar-refractivity contribution is 5.73. The molecule has 0 heterocycles. The molecule has 1 fully saturated rings. The third-order valence-electron chi connectivity index (χ3n) is 4.13. The highest BCUT2D eigenvalue weighted by Crippen LogP contribution is 2.37. The topological polar surface area (TPSA) is 49.3 Å². The molecule has 0 amide bonds. The Balaban J connectivity index is 1.85. The first kappa shape index (κ1) is 13.1. The first-order valence-corrected chi connectivity index (χ1v) is 6.50.